The van der Waals surface area contributed by atoms with E-state index >= 15 is 0 Å². The van der Waals surface area contributed by atoms with Gasteiger partial charge < -0.3 is 4.57 Å². The molecule has 0 radical (unpaired) electrons. The highest BCUT2D eigenvalue weighted by molar-refractivity contribution is 7.85. The van der Waals surface area contributed by atoms with Crippen LogP contribution in [-0.2, 0) is 4.57 Å². The fourth-order valence-corrected chi connectivity index (χ4v) is 8.47. The maximum Gasteiger partial charge on any atom is 0.182 e. The van der Waals surface area contributed by atoms with Gasteiger partial charge in [0.05, 0.1) is 5.69 Å². The van der Waals surface area contributed by atoms with Crippen LogP contribution in [0.4, 0.5) is 0 Å². The molecule has 8 heteroatoms. The lowest BCUT2D eigenvalue weighted by atomic mass is 10.1. The second kappa shape index (κ2) is 13.6. The highest BCUT2D eigenvalue weighted by atomic mass is 31.2. The molecule has 0 aliphatic carbocycles. The van der Waals surface area contributed by atoms with Crippen molar-refractivity contribution in [3.8, 4) is 56.9 Å². The first-order valence-electron chi connectivity index (χ1n) is 16.1. The Bertz CT molecular complexity index is 2330. The first-order chi connectivity index (χ1) is 24.6. The Morgan fingerprint density at radius 1 is 0.360 bits per heavy atom. The average Bonchev–Trinajstić information content (AvgIpc) is 3.22. The second-order valence-electron chi connectivity index (χ2n) is 11.6. The molecule has 0 spiro atoms. The van der Waals surface area contributed by atoms with Gasteiger partial charge in [-0.15, -0.1) is 0 Å². The van der Waals surface area contributed by atoms with Gasteiger partial charge in [0.15, 0.2) is 30.4 Å². The molecule has 0 fully saturated rings. The zero-order chi connectivity index (χ0) is 33.8. The molecule has 50 heavy (non-hydrogen) atoms. The van der Waals surface area contributed by atoms with E-state index in [1.165, 1.54) is 0 Å². The highest BCUT2D eigenvalue weighted by Crippen LogP contribution is 2.42. The standard InChI is InChI=1S/C42H29N6OP/c49-50(34-19-9-3-10-20-34,35-21-11-4-12-22-35)36-25-23-30(24-26-36)37-28-38(45-39(44-37)31-14-5-1-6-15-31)42-47-40(32-16-7-2-8-17-32)46-41(48-42)33-18-13-27-43-29-33/h1-29H. The molecule has 0 unspecified atom stereocenters. The van der Waals surface area contributed by atoms with Gasteiger partial charge in [-0.3, -0.25) is 4.98 Å². The summed E-state index contributed by atoms with van der Waals surface area (Å²) in [5.41, 5.74) is 4.54. The van der Waals surface area contributed by atoms with Gasteiger partial charge in [0.2, 0.25) is 0 Å². The van der Waals surface area contributed by atoms with Crippen molar-refractivity contribution in [2.75, 3.05) is 0 Å². The summed E-state index contributed by atoms with van der Waals surface area (Å²) in [4.78, 5) is 28.9. The zero-order valence-corrected chi connectivity index (χ0v) is 27.7. The Labute approximate surface area is 289 Å². The molecule has 0 amide bonds. The lowest BCUT2D eigenvalue weighted by Crippen LogP contribution is -2.24. The predicted octanol–water partition coefficient (Wildman–Crippen LogP) is 8.03. The first kappa shape index (κ1) is 30.9. The summed E-state index contributed by atoms with van der Waals surface area (Å²) < 4.78 is 15.0. The van der Waals surface area contributed by atoms with Crippen molar-refractivity contribution in [3.63, 3.8) is 0 Å². The van der Waals surface area contributed by atoms with Gasteiger partial charge in [-0.05, 0) is 18.2 Å². The van der Waals surface area contributed by atoms with Gasteiger partial charge in [-0.1, -0.05) is 146 Å². The lowest BCUT2D eigenvalue weighted by molar-refractivity contribution is 0.592. The molecule has 0 atom stereocenters. The molecule has 238 valence electrons. The van der Waals surface area contributed by atoms with Crippen LogP contribution in [0.5, 0.6) is 0 Å². The van der Waals surface area contributed by atoms with E-state index in [-0.39, 0.29) is 0 Å². The van der Waals surface area contributed by atoms with Crippen LogP contribution in [0.3, 0.4) is 0 Å². The molecule has 0 bridgehead atoms. The molecule has 7 nitrogen and oxygen atoms in total. The molecule has 0 saturated heterocycles. The van der Waals surface area contributed by atoms with E-state index in [4.69, 9.17) is 24.9 Å². The van der Waals surface area contributed by atoms with Crippen molar-refractivity contribution < 1.29 is 4.57 Å². The van der Waals surface area contributed by atoms with Crippen LogP contribution in [0.15, 0.2) is 176 Å². The minimum atomic E-state index is -3.14. The van der Waals surface area contributed by atoms with E-state index in [9.17, 15) is 4.57 Å². The Hall–Kier alpha value is -6.43. The normalized spacial score (nSPS) is 11.3. The molecule has 5 aromatic carbocycles. The van der Waals surface area contributed by atoms with Crippen LogP contribution in [0, 0.1) is 0 Å². The molecule has 8 aromatic rings. The fraction of sp³-hybridized carbons (Fsp3) is 0. The quantitative estimate of drug-likeness (QED) is 0.152. The number of aromatic nitrogens is 6. The van der Waals surface area contributed by atoms with Crippen LogP contribution in [0.1, 0.15) is 0 Å². The van der Waals surface area contributed by atoms with Crippen LogP contribution < -0.4 is 15.9 Å². The lowest BCUT2D eigenvalue weighted by Gasteiger charge is -2.20. The molecule has 0 aliphatic heterocycles. The maximum absolute atomic E-state index is 15.0. The summed E-state index contributed by atoms with van der Waals surface area (Å²) >= 11 is 0. The Morgan fingerprint density at radius 2 is 0.800 bits per heavy atom. The molecule has 0 saturated carbocycles. The Morgan fingerprint density at radius 3 is 1.34 bits per heavy atom. The Balaban J connectivity index is 1.28. The van der Waals surface area contributed by atoms with E-state index in [1.807, 2.05) is 164 Å². The van der Waals surface area contributed by atoms with E-state index < -0.39 is 7.14 Å². The minimum Gasteiger partial charge on any atom is -0.309 e. The number of hydrogen-bond acceptors (Lipinski definition) is 7. The fourth-order valence-electron chi connectivity index (χ4n) is 5.82. The van der Waals surface area contributed by atoms with Crippen LogP contribution in [0.2, 0.25) is 0 Å². The van der Waals surface area contributed by atoms with Crippen molar-refractivity contribution in [3.05, 3.63) is 176 Å². The maximum atomic E-state index is 15.0. The Kier molecular flexibility index (Phi) is 8.39. The highest BCUT2D eigenvalue weighted by Gasteiger charge is 2.29. The van der Waals surface area contributed by atoms with Crippen molar-refractivity contribution >= 4 is 23.1 Å². The summed E-state index contributed by atoms with van der Waals surface area (Å²) in [6.07, 6.45) is 3.45. The number of pyridine rings is 1. The van der Waals surface area contributed by atoms with Crippen molar-refractivity contribution in [1.82, 2.24) is 29.9 Å². The molecule has 8 rings (SSSR count). The molecule has 3 heterocycles. The minimum absolute atomic E-state index is 0.410. The summed E-state index contributed by atoms with van der Waals surface area (Å²) in [5.74, 6) is 1.96. The van der Waals surface area contributed by atoms with E-state index in [0.717, 1.165) is 38.2 Å². The van der Waals surface area contributed by atoms with Crippen LogP contribution >= 0.6 is 7.14 Å². The second-order valence-corrected chi connectivity index (χ2v) is 14.3. The van der Waals surface area contributed by atoms with Gasteiger partial charge in [0, 0.05) is 50.6 Å². The first-order valence-corrected chi connectivity index (χ1v) is 17.8. The third-order valence-corrected chi connectivity index (χ3v) is 11.4. The molecular weight excluding hydrogens is 635 g/mol. The van der Waals surface area contributed by atoms with E-state index in [0.29, 0.717) is 34.7 Å². The number of hydrogen-bond donors (Lipinski definition) is 0. The predicted molar refractivity (Wildman–Crippen MR) is 200 cm³/mol. The molecule has 3 aromatic heterocycles. The average molecular weight is 665 g/mol. The summed E-state index contributed by atoms with van der Waals surface area (Å²) in [6.45, 7) is 0. The van der Waals surface area contributed by atoms with Crippen LogP contribution in [0.25, 0.3) is 56.9 Å². The summed E-state index contributed by atoms with van der Waals surface area (Å²) in [7, 11) is -3.14. The topological polar surface area (TPSA) is 94.4 Å². The summed E-state index contributed by atoms with van der Waals surface area (Å²) in [6, 6.07) is 52.5. The van der Waals surface area contributed by atoms with Gasteiger partial charge in [0.25, 0.3) is 0 Å². The van der Waals surface area contributed by atoms with Gasteiger partial charge in [0.1, 0.15) is 5.69 Å². The van der Waals surface area contributed by atoms with Gasteiger partial charge >= 0.3 is 0 Å². The monoisotopic (exact) mass is 664 g/mol. The molecule has 0 aliphatic rings. The van der Waals surface area contributed by atoms with E-state index in [1.54, 1.807) is 12.4 Å². The number of nitrogens with zero attached hydrogens (tertiary/aromatic N) is 6. The number of benzene rings is 5. The van der Waals surface area contributed by atoms with Crippen molar-refractivity contribution in [2.24, 2.45) is 0 Å². The van der Waals surface area contributed by atoms with Crippen molar-refractivity contribution in [1.29, 1.82) is 0 Å². The largest absolute Gasteiger partial charge is 0.309 e. The van der Waals surface area contributed by atoms with Gasteiger partial charge in [-0.25, -0.2) is 24.9 Å². The molecule has 0 N–H and O–H groups in total. The zero-order valence-electron chi connectivity index (χ0n) is 26.8. The SMILES string of the molecule is O=P(c1ccccc1)(c1ccccc1)c1ccc(-c2cc(-c3nc(-c4ccccc4)nc(-c4cccnc4)n3)nc(-c3ccccc3)n2)cc1. The third-order valence-electron chi connectivity index (χ3n) is 8.34. The van der Waals surface area contributed by atoms with Crippen LogP contribution in [-0.4, -0.2) is 29.9 Å². The number of rotatable bonds is 8. The smallest absolute Gasteiger partial charge is 0.182 e. The molecular formula is C42H29N6OP. The van der Waals surface area contributed by atoms with E-state index in [2.05, 4.69) is 4.98 Å². The summed E-state index contributed by atoms with van der Waals surface area (Å²) in [5, 5.41) is 2.30. The van der Waals surface area contributed by atoms with Gasteiger partial charge in [-0.2, -0.15) is 0 Å². The third kappa shape index (κ3) is 6.14. The van der Waals surface area contributed by atoms with Crippen molar-refractivity contribution in [2.45, 2.75) is 0 Å².